The number of aromatic nitrogens is 1. The Morgan fingerprint density at radius 1 is 1.58 bits per heavy atom. The first-order valence-electron chi connectivity index (χ1n) is 3.88. The summed E-state index contributed by atoms with van der Waals surface area (Å²) in [6.45, 7) is 2.16. The van der Waals surface area contributed by atoms with Crippen molar-refractivity contribution in [2.24, 2.45) is 0 Å². The van der Waals surface area contributed by atoms with E-state index in [4.69, 9.17) is 0 Å². The molecule has 1 aliphatic rings. The van der Waals surface area contributed by atoms with E-state index >= 15 is 0 Å². The van der Waals surface area contributed by atoms with Crippen LogP contribution in [-0.2, 0) is 45.7 Å². The Morgan fingerprint density at radius 2 is 2.42 bits per heavy atom. The van der Waals surface area contributed by atoms with Gasteiger partial charge in [0.2, 0.25) is 0 Å². The molecular formula is C9H11N2Y-. The number of rotatable bonds is 0. The van der Waals surface area contributed by atoms with E-state index in [1.54, 1.807) is 6.20 Å². The average Bonchev–Trinajstić information content (AvgIpc) is 2.04. The van der Waals surface area contributed by atoms with Crippen molar-refractivity contribution in [3.8, 4) is 0 Å². The second kappa shape index (κ2) is 4.45. The zero-order valence-corrected chi connectivity index (χ0v) is 10.1. The zero-order valence-electron chi connectivity index (χ0n) is 7.25. The van der Waals surface area contributed by atoms with Crippen molar-refractivity contribution in [1.82, 2.24) is 9.88 Å². The van der Waals surface area contributed by atoms with Crippen molar-refractivity contribution in [3.63, 3.8) is 0 Å². The van der Waals surface area contributed by atoms with E-state index in [2.05, 4.69) is 23.0 Å². The van der Waals surface area contributed by atoms with Crippen LogP contribution in [0.3, 0.4) is 0 Å². The van der Waals surface area contributed by atoms with Gasteiger partial charge in [-0.2, -0.15) is 5.56 Å². The van der Waals surface area contributed by atoms with Crippen LogP contribution in [0.1, 0.15) is 11.3 Å². The Morgan fingerprint density at radius 3 is 3.25 bits per heavy atom. The third kappa shape index (κ3) is 2.12. The van der Waals surface area contributed by atoms with Crippen molar-refractivity contribution in [1.29, 1.82) is 0 Å². The van der Waals surface area contributed by atoms with Gasteiger partial charge in [0.05, 0.1) is 0 Å². The van der Waals surface area contributed by atoms with Gasteiger partial charge in [-0.15, -0.1) is 0 Å². The van der Waals surface area contributed by atoms with Crippen LogP contribution in [0.25, 0.3) is 0 Å². The molecule has 0 saturated carbocycles. The fraction of sp³-hybridized carbons (Fsp3) is 0.444. The molecule has 1 aromatic rings. The van der Waals surface area contributed by atoms with Crippen molar-refractivity contribution >= 4 is 0 Å². The standard InChI is InChI=1S/C9H11N2.Y/c1-11-6-4-9-8(7-11)3-2-5-10-9;/h3,5H,4,6-7H2,1H3;/q-1;. The minimum absolute atomic E-state index is 0. The van der Waals surface area contributed by atoms with Gasteiger partial charge in [-0.1, -0.05) is 6.20 Å². The Bertz CT molecular complexity index is 262. The summed E-state index contributed by atoms with van der Waals surface area (Å²) in [4.78, 5) is 6.57. The molecule has 1 radical (unpaired) electrons. The fourth-order valence-electron chi connectivity index (χ4n) is 1.45. The van der Waals surface area contributed by atoms with E-state index in [0.717, 1.165) is 19.5 Å². The van der Waals surface area contributed by atoms with Crippen LogP contribution >= 0.6 is 0 Å². The number of fused-ring (bicyclic) bond motifs is 1. The predicted octanol–water partition coefficient (Wildman–Crippen LogP) is 0.867. The molecule has 0 fully saturated rings. The van der Waals surface area contributed by atoms with Gasteiger partial charge >= 0.3 is 0 Å². The molecule has 0 saturated heterocycles. The van der Waals surface area contributed by atoms with Crippen LogP contribution in [0.4, 0.5) is 0 Å². The first-order chi connectivity index (χ1) is 5.36. The Labute approximate surface area is 98.2 Å². The average molecular weight is 236 g/mol. The molecule has 3 heteroatoms. The maximum Gasteiger partial charge on any atom is 0.000578 e. The molecule has 0 spiro atoms. The van der Waals surface area contributed by atoms with Gasteiger partial charge < -0.3 is 9.88 Å². The minimum atomic E-state index is 0. The van der Waals surface area contributed by atoms with Gasteiger partial charge in [0.15, 0.2) is 0 Å². The van der Waals surface area contributed by atoms with Gasteiger partial charge in [-0.25, -0.2) is 12.1 Å². The largest absolute Gasteiger partial charge is 0.318 e. The second-order valence-electron chi connectivity index (χ2n) is 3.03. The van der Waals surface area contributed by atoms with E-state index < -0.39 is 0 Å². The van der Waals surface area contributed by atoms with Gasteiger partial charge in [0.25, 0.3) is 0 Å². The fourth-order valence-corrected chi connectivity index (χ4v) is 1.45. The molecule has 0 unspecified atom stereocenters. The first kappa shape index (κ1) is 10.3. The molecule has 12 heavy (non-hydrogen) atoms. The maximum atomic E-state index is 4.27. The molecule has 0 N–H and O–H groups in total. The van der Waals surface area contributed by atoms with Gasteiger partial charge in [0.1, 0.15) is 0 Å². The molecule has 2 heterocycles. The Balaban J connectivity index is 0.000000720. The third-order valence-corrected chi connectivity index (χ3v) is 2.09. The third-order valence-electron chi connectivity index (χ3n) is 2.09. The molecule has 0 bridgehead atoms. The van der Waals surface area contributed by atoms with Crippen LogP contribution in [0.15, 0.2) is 12.3 Å². The van der Waals surface area contributed by atoms with Gasteiger partial charge in [-0.3, -0.25) is 0 Å². The summed E-state index contributed by atoms with van der Waals surface area (Å²) in [6.07, 6.45) is 2.84. The van der Waals surface area contributed by atoms with Crippen LogP contribution in [0, 0.1) is 6.07 Å². The van der Waals surface area contributed by atoms with Crippen molar-refractivity contribution in [2.75, 3.05) is 13.6 Å². The molecule has 1 aliphatic heterocycles. The van der Waals surface area contributed by atoms with Crippen LogP contribution in [0.5, 0.6) is 0 Å². The Hall–Kier alpha value is 0.214. The van der Waals surface area contributed by atoms with Gasteiger partial charge in [-0.05, 0) is 25.7 Å². The quantitative estimate of drug-likeness (QED) is 0.621. The first-order valence-corrected chi connectivity index (χ1v) is 3.88. The number of pyridine rings is 1. The summed E-state index contributed by atoms with van der Waals surface area (Å²) in [6, 6.07) is 5.04. The van der Waals surface area contributed by atoms with Gasteiger partial charge in [0, 0.05) is 39.3 Å². The smallest absolute Gasteiger partial charge is 0.000578 e. The monoisotopic (exact) mass is 236 g/mol. The molecule has 0 atom stereocenters. The van der Waals surface area contributed by atoms with Crippen molar-refractivity contribution in [3.05, 3.63) is 29.6 Å². The summed E-state index contributed by atoms with van der Waals surface area (Å²) in [5.74, 6) is 0. The molecular weight excluding hydrogens is 225 g/mol. The summed E-state index contributed by atoms with van der Waals surface area (Å²) >= 11 is 0. The Kier molecular flexibility index (Phi) is 3.82. The molecule has 0 aromatic carbocycles. The number of nitrogens with zero attached hydrogens (tertiary/aromatic N) is 2. The summed E-state index contributed by atoms with van der Waals surface area (Å²) in [5.41, 5.74) is 2.59. The number of hydrogen-bond donors (Lipinski definition) is 0. The number of hydrogen-bond acceptors (Lipinski definition) is 2. The normalized spacial score (nSPS) is 16.4. The van der Waals surface area contributed by atoms with Crippen molar-refractivity contribution in [2.45, 2.75) is 13.0 Å². The van der Waals surface area contributed by atoms with E-state index in [-0.39, 0.29) is 32.7 Å². The van der Waals surface area contributed by atoms with Crippen LogP contribution < -0.4 is 0 Å². The minimum Gasteiger partial charge on any atom is -0.318 e. The van der Waals surface area contributed by atoms with Crippen LogP contribution in [0.2, 0.25) is 0 Å². The molecule has 0 amide bonds. The zero-order chi connectivity index (χ0) is 7.68. The van der Waals surface area contributed by atoms with E-state index in [1.165, 1.54) is 11.3 Å². The summed E-state index contributed by atoms with van der Waals surface area (Å²) < 4.78 is 0. The summed E-state index contributed by atoms with van der Waals surface area (Å²) in [5, 5.41) is 0. The van der Waals surface area contributed by atoms with Crippen molar-refractivity contribution < 1.29 is 32.7 Å². The summed E-state index contributed by atoms with van der Waals surface area (Å²) in [7, 11) is 2.13. The molecule has 2 rings (SSSR count). The van der Waals surface area contributed by atoms with E-state index in [0.29, 0.717) is 0 Å². The topological polar surface area (TPSA) is 16.1 Å². The van der Waals surface area contributed by atoms with Crippen LogP contribution in [-0.4, -0.2) is 23.5 Å². The second-order valence-corrected chi connectivity index (χ2v) is 3.03. The van der Waals surface area contributed by atoms with E-state index in [1.807, 2.05) is 6.07 Å². The molecule has 61 valence electrons. The molecule has 0 aliphatic carbocycles. The van der Waals surface area contributed by atoms with E-state index in [9.17, 15) is 0 Å². The number of likely N-dealkylation sites (N-methyl/N-ethyl adjacent to an activating group) is 1. The maximum absolute atomic E-state index is 4.27. The molecule has 2 nitrogen and oxygen atoms in total. The molecule has 1 aromatic heterocycles. The predicted molar refractivity (Wildman–Crippen MR) is 43.1 cm³/mol. The SMILES string of the molecule is CN1CCc2nc[c-]cc2C1.[Y].